The van der Waals surface area contributed by atoms with Crippen LogP contribution in [0.2, 0.25) is 0 Å². The quantitative estimate of drug-likeness (QED) is 0.609. The van der Waals surface area contributed by atoms with E-state index in [1.807, 2.05) is 0 Å². The fourth-order valence-electron chi connectivity index (χ4n) is 3.07. The fourth-order valence-corrected chi connectivity index (χ4v) is 4.48. The molecular weight excluding hydrogens is 398 g/mol. The molecule has 0 aliphatic carbocycles. The molecule has 0 radical (unpaired) electrons. The second kappa shape index (κ2) is 9.66. The highest BCUT2D eigenvalue weighted by Gasteiger charge is 2.40. The highest BCUT2D eigenvalue weighted by Crippen LogP contribution is 2.22. The summed E-state index contributed by atoms with van der Waals surface area (Å²) in [5.41, 5.74) is -0.649. The van der Waals surface area contributed by atoms with Gasteiger partial charge in [0, 0.05) is 46.0 Å². The van der Waals surface area contributed by atoms with Crippen LogP contribution in [0.5, 0.6) is 0 Å². The molecule has 10 heteroatoms. The molecule has 1 saturated heterocycles. The summed E-state index contributed by atoms with van der Waals surface area (Å²) >= 11 is 0. The van der Waals surface area contributed by atoms with Crippen molar-refractivity contribution in [2.45, 2.75) is 24.3 Å². The number of ether oxygens (including phenoxy) is 2. The van der Waals surface area contributed by atoms with Gasteiger partial charge in [-0.1, -0.05) is 0 Å². The Labute approximate surface area is 172 Å². The molecule has 1 aromatic rings. The van der Waals surface area contributed by atoms with Gasteiger partial charge < -0.3 is 19.7 Å². The molecule has 0 bridgehead atoms. The zero-order valence-electron chi connectivity index (χ0n) is 17.3. The van der Waals surface area contributed by atoms with Gasteiger partial charge in [0.15, 0.2) is 0 Å². The van der Waals surface area contributed by atoms with E-state index in [-0.39, 0.29) is 43.0 Å². The van der Waals surface area contributed by atoms with Crippen LogP contribution >= 0.6 is 0 Å². The summed E-state index contributed by atoms with van der Waals surface area (Å²) < 4.78 is 37.2. The first-order valence-corrected chi connectivity index (χ1v) is 10.8. The summed E-state index contributed by atoms with van der Waals surface area (Å²) in [6, 6.07) is 5.77. The molecule has 0 atom stereocenters. The largest absolute Gasteiger partial charge is 0.383 e. The fraction of sp³-hybridized carbons (Fsp3) is 0.579. The number of nitrogens with one attached hydrogen (secondary N) is 1. The van der Waals surface area contributed by atoms with Crippen LogP contribution in [0, 0.1) is 0 Å². The number of amides is 2. The Kier molecular flexibility index (Phi) is 7.75. The number of piperazine rings is 1. The maximum Gasteiger partial charge on any atom is 0.254 e. The summed E-state index contributed by atoms with van der Waals surface area (Å²) in [5.74, 6) is -0.535. The summed E-state index contributed by atoms with van der Waals surface area (Å²) in [5, 5.41) is 2.75. The first kappa shape index (κ1) is 23.3. The minimum Gasteiger partial charge on any atom is -0.383 e. The van der Waals surface area contributed by atoms with Crippen molar-refractivity contribution in [1.29, 1.82) is 0 Å². The molecule has 0 unspecified atom stereocenters. The Morgan fingerprint density at radius 3 is 2.21 bits per heavy atom. The zero-order chi connectivity index (χ0) is 21.7. The lowest BCUT2D eigenvalue weighted by atomic mass is 9.97. The molecule has 2 rings (SSSR count). The maximum absolute atomic E-state index is 12.9. The van der Waals surface area contributed by atoms with Crippen LogP contribution in [0.25, 0.3) is 0 Å². The Morgan fingerprint density at radius 2 is 1.69 bits per heavy atom. The lowest BCUT2D eigenvalue weighted by Gasteiger charge is -2.41. The van der Waals surface area contributed by atoms with E-state index in [1.165, 1.54) is 47.7 Å². The Morgan fingerprint density at radius 1 is 1.14 bits per heavy atom. The summed E-state index contributed by atoms with van der Waals surface area (Å²) in [7, 11) is -0.752. The van der Waals surface area contributed by atoms with Crippen LogP contribution in [0.1, 0.15) is 24.2 Å². The second-order valence-corrected chi connectivity index (χ2v) is 9.12. The van der Waals surface area contributed by atoms with E-state index in [4.69, 9.17) is 9.47 Å². The van der Waals surface area contributed by atoms with Crippen molar-refractivity contribution in [2.24, 2.45) is 0 Å². The van der Waals surface area contributed by atoms with Crippen molar-refractivity contribution in [3.05, 3.63) is 29.8 Å². The normalized spacial score (nSPS) is 16.7. The van der Waals surface area contributed by atoms with E-state index in [0.717, 1.165) is 0 Å². The van der Waals surface area contributed by atoms with E-state index in [1.54, 1.807) is 13.8 Å². The average molecular weight is 428 g/mol. The molecule has 162 valence electrons. The van der Waals surface area contributed by atoms with Crippen molar-refractivity contribution in [3.63, 3.8) is 0 Å². The minimum atomic E-state index is -3.76. The maximum atomic E-state index is 12.9. The zero-order valence-corrected chi connectivity index (χ0v) is 18.1. The minimum absolute atomic E-state index is 0.0805. The number of nitrogens with zero attached hydrogens (tertiary/aromatic N) is 2. The van der Waals surface area contributed by atoms with Crippen molar-refractivity contribution < 1.29 is 27.5 Å². The third-order valence-corrected chi connectivity index (χ3v) is 6.84. The number of carbonyl (C=O) groups excluding carboxylic acids is 2. The van der Waals surface area contributed by atoms with Crippen LogP contribution < -0.4 is 5.32 Å². The molecule has 1 aliphatic rings. The highest BCUT2D eigenvalue weighted by atomic mass is 32.2. The van der Waals surface area contributed by atoms with Gasteiger partial charge in [0.2, 0.25) is 15.9 Å². The van der Waals surface area contributed by atoms with E-state index < -0.39 is 15.6 Å². The van der Waals surface area contributed by atoms with Gasteiger partial charge in [-0.25, -0.2) is 8.42 Å². The SMILES string of the molecule is COCCN(CCOC)S(=O)(=O)c1ccc(C(=O)N2CCNC(=O)C2(C)C)cc1. The van der Waals surface area contributed by atoms with Gasteiger partial charge in [-0.05, 0) is 38.1 Å². The van der Waals surface area contributed by atoms with Gasteiger partial charge in [-0.2, -0.15) is 4.31 Å². The van der Waals surface area contributed by atoms with E-state index >= 15 is 0 Å². The molecule has 1 N–H and O–H groups in total. The predicted octanol–water partition coefficient (Wildman–Crippen LogP) is 0.321. The summed E-state index contributed by atoms with van der Waals surface area (Å²) in [6.45, 7) is 5.04. The van der Waals surface area contributed by atoms with Gasteiger partial charge in [0.1, 0.15) is 5.54 Å². The number of sulfonamides is 1. The van der Waals surface area contributed by atoms with Crippen molar-refractivity contribution in [1.82, 2.24) is 14.5 Å². The summed E-state index contributed by atoms with van der Waals surface area (Å²) in [6.07, 6.45) is 0. The molecule has 1 heterocycles. The molecule has 2 amide bonds. The first-order valence-electron chi connectivity index (χ1n) is 9.34. The lowest BCUT2D eigenvalue weighted by molar-refractivity contribution is -0.133. The van der Waals surface area contributed by atoms with Gasteiger partial charge in [0.05, 0.1) is 18.1 Å². The number of methoxy groups -OCH3 is 2. The van der Waals surface area contributed by atoms with E-state index in [9.17, 15) is 18.0 Å². The monoisotopic (exact) mass is 427 g/mol. The molecular formula is C19H29N3O6S. The Balaban J connectivity index is 2.23. The molecule has 29 heavy (non-hydrogen) atoms. The second-order valence-electron chi connectivity index (χ2n) is 7.19. The van der Waals surface area contributed by atoms with Crippen LogP contribution in [0.4, 0.5) is 0 Å². The molecule has 0 spiro atoms. The number of benzene rings is 1. The van der Waals surface area contributed by atoms with Crippen molar-refractivity contribution >= 4 is 21.8 Å². The lowest BCUT2D eigenvalue weighted by Crippen LogP contribution is -2.63. The van der Waals surface area contributed by atoms with Crippen molar-refractivity contribution in [2.75, 3.05) is 53.6 Å². The Hall–Kier alpha value is -2.01. The van der Waals surface area contributed by atoms with Crippen molar-refractivity contribution in [3.8, 4) is 0 Å². The summed E-state index contributed by atoms with van der Waals surface area (Å²) in [4.78, 5) is 26.6. The number of carbonyl (C=O) groups is 2. The van der Waals surface area contributed by atoms with Gasteiger partial charge in [-0.3, -0.25) is 9.59 Å². The predicted molar refractivity (Wildman–Crippen MR) is 107 cm³/mol. The molecule has 0 aromatic heterocycles. The third-order valence-electron chi connectivity index (χ3n) is 4.93. The number of hydrogen-bond acceptors (Lipinski definition) is 6. The van der Waals surface area contributed by atoms with Crippen LogP contribution in [0.15, 0.2) is 29.2 Å². The average Bonchev–Trinajstić information content (AvgIpc) is 2.69. The molecule has 1 aliphatic heterocycles. The molecule has 9 nitrogen and oxygen atoms in total. The standard InChI is InChI=1S/C19H29N3O6S/c1-19(2)18(24)20-9-10-22(19)17(23)15-5-7-16(8-6-15)29(25,26)21(11-13-27-3)12-14-28-4/h5-8H,9-14H2,1-4H3,(H,20,24). The molecule has 0 saturated carbocycles. The topological polar surface area (TPSA) is 105 Å². The highest BCUT2D eigenvalue weighted by molar-refractivity contribution is 7.89. The van der Waals surface area contributed by atoms with Gasteiger partial charge >= 0.3 is 0 Å². The third kappa shape index (κ3) is 5.13. The molecule has 1 fully saturated rings. The van der Waals surface area contributed by atoms with E-state index in [2.05, 4.69) is 5.32 Å². The number of rotatable bonds is 9. The number of hydrogen-bond donors (Lipinski definition) is 1. The van der Waals surface area contributed by atoms with Crippen LogP contribution in [-0.2, 0) is 24.3 Å². The van der Waals surface area contributed by atoms with Gasteiger partial charge in [0.25, 0.3) is 5.91 Å². The molecule has 1 aromatic carbocycles. The smallest absolute Gasteiger partial charge is 0.254 e. The Bertz CT molecular complexity index is 815. The first-order chi connectivity index (χ1) is 13.7. The van der Waals surface area contributed by atoms with E-state index in [0.29, 0.717) is 18.7 Å². The van der Waals surface area contributed by atoms with Crippen LogP contribution in [-0.4, -0.2) is 88.6 Å². The van der Waals surface area contributed by atoms with Gasteiger partial charge in [-0.15, -0.1) is 0 Å². The van der Waals surface area contributed by atoms with Crippen LogP contribution in [0.3, 0.4) is 0 Å².